The maximum absolute atomic E-state index is 13.0. The van der Waals surface area contributed by atoms with Gasteiger partial charge in [0.25, 0.3) is 0 Å². The molecule has 0 aliphatic carbocycles. The smallest absolute Gasteiger partial charge is 0.137 e. The first-order chi connectivity index (χ1) is 6.50. The summed E-state index contributed by atoms with van der Waals surface area (Å²) in [7, 11) is 0. The van der Waals surface area contributed by atoms with Gasteiger partial charge in [0.05, 0.1) is 10.6 Å². The van der Waals surface area contributed by atoms with E-state index in [-0.39, 0.29) is 5.82 Å². The summed E-state index contributed by atoms with van der Waals surface area (Å²) in [5.41, 5.74) is 1.66. The van der Waals surface area contributed by atoms with E-state index >= 15 is 0 Å². The Morgan fingerprint density at radius 2 is 2.21 bits per heavy atom. The first kappa shape index (κ1) is 11.5. The summed E-state index contributed by atoms with van der Waals surface area (Å²) < 4.78 is 13.5. The maximum Gasteiger partial charge on any atom is 0.137 e. The molecule has 4 heteroatoms. The van der Waals surface area contributed by atoms with Crippen LogP contribution in [0.5, 0.6) is 0 Å². The molecule has 0 amide bonds. The Hall–Kier alpha value is -0.610. The fraction of sp³-hybridized carbons (Fsp3) is 0.400. The standard InChI is InChI=1S/C10H13BrFNO/c1-6-3-9(12)8(11)4-10(6)13-5-7(2)14/h3-4,7,13-14H,5H2,1-2H3/t7-/m1/s1. The van der Waals surface area contributed by atoms with E-state index in [4.69, 9.17) is 5.11 Å². The van der Waals surface area contributed by atoms with Crippen molar-refractivity contribution >= 4 is 21.6 Å². The summed E-state index contributed by atoms with van der Waals surface area (Å²) in [6.07, 6.45) is -0.418. The van der Waals surface area contributed by atoms with Crippen LogP contribution < -0.4 is 5.32 Å². The van der Waals surface area contributed by atoms with E-state index < -0.39 is 6.10 Å². The number of anilines is 1. The Morgan fingerprint density at radius 1 is 1.57 bits per heavy atom. The first-order valence-electron chi connectivity index (χ1n) is 4.38. The highest BCUT2D eigenvalue weighted by atomic mass is 79.9. The van der Waals surface area contributed by atoms with Crippen molar-refractivity contribution in [3.05, 3.63) is 28.0 Å². The third kappa shape index (κ3) is 2.96. The Balaban J connectivity index is 2.82. The number of rotatable bonds is 3. The highest BCUT2D eigenvalue weighted by Crippen LogP contribution is 2.24. The molecule has 0 fully saturated rings. The molecule has 0 radical (unpaired) electrons. The van der Waals surface area contributed by atoms with E-state index in [9.17, 15) is 4.39 Å². The molecule has 0 saturated heterocycles. The molecule has 1 atom stereocenters. The quantitative estimate of drug-likeness (QED) is 0.877. The first-order valence-corrected chi connectivity index (χ1v) is 5.17. The van der Waals surface area contributed by atoms with E-state index in [1.807, 2.05) is 6.92 Å². The van der Waals surface area contributed by atoms with Gasteiger partial charge in [0.15, 0.2) is 0 Å². The van der Waals surface area contributed by atoms with Gasteiger partial charge >= 0.3 is 0 Å². The Kier molecular flexibility index (Phi) is 3.89. The molecule has 78 valence electrons. The predicted octanol–water partition coefficient (Wildman–Crippen LogP) is 2.69. The molecule has 0 aliphatic rings. The zero-order chi connectivity index (χ0) is 10.7. The second kappa shape index (κ2) is 4.75. The Labute approximate surface area is 91.3 Å². The van der Waals surface area contributed by atoms with Gasteiger partial charge in [0.2, 0.25) is 0 Å². The molecule has 0 aliphatic heterocycles. The fourth-order valence-electron chi connectivity index (χ4n) is 1.09. The van der Waals surface area contributed by atoms with E-state index in [1.54, 1.807) is 13.0 Å². The largest absolute Gasteiger partial charge is 0.392 e. The van der Waals surface area contributed by atoms with Crippen LogP contribution in [0, 0.1) is 12.7 Å². The average Bonchev–Trinajstić information content (AvgIpc) is 2.09. The summed E-state index contributed by atoms with van der Waals surface area (Å²) in [6.45, 7) is 3.97. The molecule has 1 rings (SSSR count). The third-order valence-corrected chi connectivity index (χ3v) is 2.46. The molecule has 1 aromatic rings. The summed E-state index contributed by atoms with van der Waals surface area (Å²) >= 11 is 3.11. The van der Waals surface area contributed by atoms with Crippen molar-refractivity contribution in [1.82, 2.24) is 0 Å². The van der Waals surface area contributed by atoms with Gasteiger partial charge in [-0.2, -0.15) is 0 Å². The van der Waals surface area contributed by atoms with Crippen LogP contribution >= 0.6 is 15.9 Å². The molecule has 0 saturated carbocycles. The monoisotopic (exact) mass is 261 g/mol. The van der Waals surface area contributed by atoms with Crippen LogP contribution in [0.15, 0.2) is 16.6 Å². The van der Waals surface area contributed by atoms with Gasteiger partial charge < -0.3 is 10.4 Å². The highest BCUT2D eigenvalue weighted by Gasteiger charge is 2.05. The van der Waals surface area contributed by atoms with E-state index in [2.05, 4.69) is 21.2 Å². The molecule has 1 aromatic carbocycles. The summed E-state index contributed by atoms with van der Waals surface area (Å²) in [4.78, 5) is 0. The number of benzene rings is 1. The van der Waals surface area contributed by atoms with E-state index in [1.165, 1.54) is 6.07 Å². The molecule has 0 aromatic heterocycles. The lowest BCUT2D eigenvalue weighted by Crippen LogP contribution is -2.15. The predicted molar refractivity (Wildman–Crippen MR) is 59.0 cm³/mol. The fourth-order valence-corrected chi connectivity index (χ4v) is 1.44. The van der Waals surface area contributed by atoms with Gasteiger partial charge in [-0.05, 0) is 47.5 Å². The van der Waals surface area contributed by atoms with Crippen molar-refractivity contribution in [1.29, 1.82) is 0 Å². The number of halogens is 2. The lowest BCUT2D eigenvalue weighted by atomic mass is 10.2. The minimum atomic E-state index is -0.418. The molecule has 0 heterocycles. The number of hydrogen-bond donors (Lipinski definition) is 2. The van der Waals surface area contributed by atoms with Crippen LogP contribution in [-0.2, 0) is 0 Å². The van der Waals surface area contributed by atoms with Crippen LogP contribution in [0.1, 0.15) is 12.5 Å². The molecule has 0 unspecified atom stereocenters. The Bertz CT molecular complexity index is 328. The molecular formula is C10H13BrFNO. The summed E-state index contributed by atoms with van der Waals surface area (Å²) in [5.74, 6) is -0.273. The van der Waals surface area contributed by atoms with Gasteiger partial charge in [0.1, 0.15) is 5.82 Å². The number of aliphatic hydroxyl groups excluding tert-OH is 1. The maximum atomic E-state index is 13.0. The van der Waals surface area contributed by atoms with Crippen LogP contribution in [0.4, 0.5) is 10.1 Å². The normalized spacial score (nSPS) is 12.6. The van der Waals surface area contributed by atoms with Crippen molar-refractivity contribution in [2.75, 3.05) is 11.9 Å². The van der Waals surface area contributed by atoms with Gasteiger partial charge in [-0.3, -0.25) is 0 Å². The zero-order valence-corrected chi connectivity index (χ0v) is 9.73. The van der Waals surface area contributed by atoms with Crippen molar-refractivity contribution in [2.45, 2.75) is 20.0 Å². The Morgan fingerprint density at radius 3 is 2.79 bits per heavy atom. The van der Waals surface area contributed by atoms with E-state index in [0.29, 0.717) is 11.0 Å². The second-order valence-corrected chi connectivity index (χ2v) is 4.17. The van der Waals surface area contributed by atoms with Crippen LogP contribution in [0.2, 0.25) is 0 Å². The molecular weight excluding hydrogens is 249 g/mol. The van der Waals surface area contributed by atoms with Gasteiger partial charge in [-0.25, -0.2) is 4.39 Å². The molecule has 2 N–H and O–H groups in total. The van der Waals surface area contributed by atoms with Gasteiger partial charge in [-0.1, -0.05) is 0 Å². The molecule has 2 nitrogen and oxygen atoms in total. The average molecular weight is 262 g/mol. The third-order valence-electron chi connectivity index (χ3n) is 1.86. The molecule has 0 spiro atoms. The van der Waals surface area contributed by atoms with Gasteiger partial charge in [0, 0.05) is 12.2 Å². The van der Waals surface area contributed by atoms with Crippen molar-refractivity contribution in [3.8, 4) is 0 Å². The van der Waals surface area contributed by atoms with Crippen LogP contribution in [0.25, 0.3) is 0 Å². The van der Waals surface area contributed by atoms with Crippen LogP contribution in [-0.4, -0.2) is 17.8 Å². The van der Waals surface area contributed by atoms with Crippen molar-refractivity contribution in [3.63, 3.8) is 0 Å². The topological polar surface area (TPSA) is 32.3 Å². The SMILES string of the molecule is Cc1cc(F)c(Br)cc1NC[C@@H](C)O. The minimum absolute atomic E-state index is 0.273. The number of nitrogens with one attached hydrogen (secondary N) is 1. The molecule has 14 heavy (non-hydrogen) atoms. The summed E-state index contributed by atoms with van der Waals surface area (Å²) in [6, 6.07) is 3.13. The summed E-state index contributed by atoms with van der Waals surface area (Å²) in [5, 5.41) is 12.1. The van der Waals surface area contributed by atoms with Crippen molar-refractivity contribution < 1.29 is 9.50 Å². The lowest BCUT2D eigenvalue weighted by molar-refractivity contribution is 0.208. The number of hydrogen-bond acceptors (Lipinski definition) is 2. The van der Waals surface area contributed by atoms with E-state index in [0.717, 1.165) is 11.3 Å². The highest BCUT2D eigenvalue weighted by molar-refractivity contribution is 9.10. The van der Waals surface area contributed by atoms with Crippen molar-refractivity contribution in [2.24, 2.45) is 0 Å². The lowest BCUT2D eigenvalue weighted by Gasteiger charge is -2.11. The second-order valence-electron chi connectivity index (χ2n) is 3.31. The van der Waals surface area contributed by atoms with Gasteiger partial charge in [-0.15, -0.1) is 0 Å². The molecule has 0 bridgehead atoms. The number of aryl methyl sites for hydroxylation is 1. The minimum Gasteiger partial charge on any atom is -0.392 e. The zero-order valence-electron chi connectivity index (χ0n) is 8.14. The van der Waals surface area contributed by atoms with Crippen LogP contribution in [0.3, 0.4) is 0 Å². The number of aliphatic hydroxyl groups is 1.